The second-order valence-electron chi connectivity index (χ2n) is 3.21. The Balaban J connectivity index is 2.55. The van der Waals surface area contributed by atoms with Gasteiger partial charge in [0.05, 0.1) is 4.92 Å². The van der Waals surface area contributed by atoms with Crippen molar-refractivity contribution in [2.75, 3.05) is 18.9 Å². The molecule has 0 atom stereocenters. The van der Waals surface area contributed by atoms with E-state index < -0.39 is 4.92 Å². The normalized spacial score (nSPS) is 9.81. The molecule has 0 saturated heterocycles. The Morgan fingerprint density at radius 2 is 2.00 bits per heavy atom. The molecule has 0 unspecified atom stereocenters. The summed E-state index contributed by atoms with van der Waals surface area (Å²) in [4.78, 5) is 21.2. The molecule has 0 aliphatic rings. The van der Waals surface area contributed by atoms with Crippen LogP contribution in [-0.4, -0.2) is 24.4 Å². The SMILES string of the molecule is CNCCC(=O)Nc1ccc([N+](=O)[O-])cc1. The minimum atomic E-state index is -0.480. The zero-order chi connectivity index (χ0) is 12.0. The van der Waals surface area contributed by atoms with Crippen LogP contribution in [0.1, 0.15) is 6.42 Å². The molecule has 0 aliphatic heterocycles. The minimum Gasteiger partial charge on any atom is -0.326 e. The maximum absolute atomic E-state index is 11.3. The molecule has 16 heavy (non-hydrogen) atoms. The topological polar surface area (TPSA) is 84.3 Å². The van der Waals surface area contributed by atoms with Crippen molar-refractivity contribution in [2.24, 2.45) is 0 Å². The van der Waals surface area contributed by atoms with Crippen molar-refractivity contribution < 1.29 is 9.72 Å². The number of non-ortho nitro benzene ring substituents is 1. The lowest BCUT2D eigenvalue weighted by atomic mass is 10.2. The maximum atomic E-state index is 11.3. The summed E-state index contributed by atoms with van der Waals surface area (Å²) in [5.41, 5.74) is 0.569. The molecule has 2 N–H and O–H groups in total. The van der Waals surface area contributed by atoms with Gasteiger partial charge in [-0.05, 0) is 19.2 Å². The molecule has 0 saturated carbocycles. The summed E-state index contributed by atoms with van der Waals surface area (Å²) >= 11 is 0. The van der Waals surface area contributed by atoms with Gasteiger partial charge in [-0.3, -0.25) is 14.9 Å². The molecule has 0 heterocycles. The number of rotatable bonds is 5. The highest BCUT2D eigenvalue weighted by atomic mass is 16.6. The highest BCUT2D eigenvalue weighted by molar-refractivity contribution is 5.90. The fraction of sp³-hybridized carbons (Fsp3) is 0.300. The number of hydrogen-bond acceptors (Lipinski definition) is 4. The number of nitro groups is 1. The molecule has 86 valence electrons. The van der Waals surface area contributed by atoms with Crippen molar-refractivity contribution >= 4 is 17.3 Å². The fourth-order valence-electron chi connectivity index (χ4n) is 1.13. The number of benzene rings is 1. The number of nitrogens with zero attached hydrogens (tertiary/aromatic N) is 1. The third kappa shape index (κ3) is 3.66. The first-order chi connectivity index (χ1) is 7.63. The van der Waals surface area contributed by atoms with Crippen LogP contribution in [0.2, 0.25) is 0 Å². The van der Waals surface area contributed by atoms with Gasteiger partial charge in [0.25, 0.3) is 5.69 Å². The van der Waals surface area contributed by atoms with E-state index in [1.807, 2.05) is 0 Å². The molecule has 0 radical (unpaired) electrons. The molecule has 0 fully saturated rings. The number of amides is 1. The van der Waals surface area contributed by atoms with Gasteiger partial charge in [-0.1, -0.05) is 0 Å². The molecule has 6 nitrogen and oxygen atoms in total. The van der Waals surface area contributed by atoms with Crippen molar-refractivity contribution in [3.63, 3.8) is 0 Å². The average Bonchev–Trinajstić information content (AvgIpc) is 2.27. The average molecular weight is 223 g/mol. The van der Waals surface area contributed by atoms with Gasteiger partial charge in [0.2, 0.25) is 5.91 Å². The van der Waals surface area contributed by atoms with Crippen LogP contribution in [0.5, 0.6) is 0 Å². The van der Waals surface area contributed by atoms with Gasteiger partial charge >= 0.3 is 0 Å². The van der Waals surface area contributed by atoms with Crippen LogP contribution in [0.25, 0.3) is 0 Å². The summed E-state index contributed by atoms with van der Waals surface area (Å²) in [6.45, 7) is 0.596. The van der Waals surface area contributed by atoms with E-state index >= 15 is 0 Å². The van der Waals surface area contributed by atoms with E-state index in [9.17, 15) is 14.9 Å². The summed E-state index contributed by atoms with van der Waals surface area (Å²) in [6.07, 6.45) is 0.369. The Hall–Kier alpha value is -1.95. The van der Waals surface area contributed by atoms with Crippen molar-refractivity contribution in [1.82, 2.24) is 5.32 Å². The van der Waals surface area contributed by atoms with E-state index in [1.54, 1.807) is 7.05 Å². The van der Waals surface area contributed by atoms with Crippen LogP contribution in [-0.2, 0) is 4.79 Å². The number of carbonyl (C=O) groups is 1. The van der Waals surface area contributed by atoms with E-state index in [0.29, 0.717) is 18.7 Å². The zero-order valence-electron chi connectivity index (χ0n) is 8.90. The lowest BCUT2D eigenvalue weighted by Crippen LogP contribution is -2.18. The molecule has 1 aromatic rings. The lowest BCUT2D eigenvalue weighted by molar-refractivity contribution is -0.384. The summed E-state index contributed by atoms with van der Waals surface area (Å²) in [7, 11) is 1.76. The summed E-state index contributed by atoms with van der Waals surface area (Å²) in [5, 5.41) is 15.9. The smallest absolute Gasteiger partial charge is 0.269 e. The second-order valence-corrected chi connectivity index (χ2v) is 3.21. The molecule has 6 heteroatoms. The highest BCUT2D eigenvalue weighted by Crippen LogP contribution is 2.15. The maximum Gasteiger partial charge on any atom is 0.269 e. The molecule has 1 amide bonds. The molecule has 0 aliphatic carbocycles. The van der Waals surface area contributed by atoms with Gasteiger partial charge in [-0.15, -0.1) is 0 Å². The first-order valence-electron chi connectivity index (χ1n) is 4.82. The van der Waals surface area contributed by atoms with E-state index in [1.165, 1.54) is 24.3 Å². The minimum absolute atomic E-state index is 0.00761. The van der Waals surface area contributed by atoms with E-state index in [2.05, 4.69) is 10.6 Å². The number of anilines is 1. The van der Waals surface area contributed by atoms with E-state index in [4.69, 9.17) is 0 Å². The van der Waals surface area contributed by atoms with Gasteiger partial charge in [-0.25, -0.2) is 0 Å². The Morgan fingerprint density at radius 1 is 1.38 bits per heavy atom. The van der Waals surface area contributed by atoms with Crippen LogP contribution < -0.4 is 10.6 Å². The zero-order valence-corrected chi connectivity index (χ0v) is 8.90. The van der Waals surface area contributed by atoms with Crippen molar-refractivity contribution in [3.05, 3.63) is 34.4 Å². The Kier molecular flexibility index (Phi) is 4.41. The molecule has 0 aromatic heterocycles. The molecule has 1 aromatic carbocycles. The van der Waals surface area contributed by atoms with Crippen molar-refractivity contribution in [3.8, 4) is 0 Å². The van der Waals surface area contributed by atoms with Gasteiger partial charge in [-0.2, -0.15) is 0 Å². The Bertz CT molecular complexity index is 375. The van der Waals surface area contributed by atoms with Crippen LogP contribution in [0.3, 0.4) is 0 Å². The van der Waals surface area contributed by atoms with Gasteiger partial charge in [0, 0.05) is 30.8 Å². The second kappa shape index (κ2) is 5.82. The predicted molar refractivity (Wildman–Crippen MR) is 60.3 cm³/mol. The third-order valence-electron chi connectivity index (χ3n) is 1.96. The first-order valence-corrected chi connectivity index (χ1v) is 4.82. The lowest BCUT2D eigenvalue weighted by Gasteiger charge is -2.04. The monoisotopic (exact) mass is 223 g/mol. The number of carbonyl (C=O) groups excluding carboxylic acids is 1. The largest absolute Gasteiger partial charge is 0.326 e. The molecule has 1 rings (SSSR count). The van der Waals surface area contributed by atoms with Crippen LogP contribution in [0.15, 0.2) is 24.3 Å². The number of nitro benzene ring substituents is 1. The predicted octanol–water partition coefficient (Wildman–Crippen LogP) is 1.14. The van der Waals surface area contributed by atoms with Crippen LogP contribution >= 0.6 is 0 Å². The molecular weight excluding hydrogens is 210 g/mol. The van der Waals surface area contributed by atoms with Crippen LogP contribution in [0, 0.1) is 10.1 Å². The fourth-order valence-corrected chi connectivity index (χ4v) is 1.13. The van der Waals surface area contributed by atoms with Crippen molar-refractivity contribution in [2.45, 2.75) is 6.42 Å². The summed E-state index contributed by atoms with van der Waals surface area (Å²) < 4.78 is 0. The third-order valence-corrected chi connectivity index (χ3v) is 1.96. The van der Waals surface area contributed by atoms with Crippen LogP contribution in [0.4, 0.5) is 11.4 Å². The Morgan fingerprint density at radius 3 is 2.50 bits per heavy atom. The number of nitrogens with one attached hydrogen (secondary N) is 2. The quantitative estimate of drug-likeness (QED) is 0.579. The highest BCUT2D eigenvalue weighted by Gasteiger charge is 2.05. The Labute approximate surface area is 92.8 Å². The molecular formula is C10H13N3O3. The standard InChI is InChI=1S/C10H13N3O3/c1-11-7-6-10(14)12-8-2-4-9(5-3-8)13(15)16/h2-5,11H,6-7H2,1H3,(H,12,14). The van der Waals surface area contributed by atoms with E-state index in [-0.39, 0.29) is 11.6 Å². The molecule has 0 bridgehead atoms. The summed E-state index contributed by atoms with van der Waals surface area (Å²) in [5.74, 6) is -0.122. The molecule has 0 spiro atoms. The van der Waals surface area contributed by atoms with Gasteiger partial charge < -0.3 is 10.6 Å². The van der Waals surface area contributed by atoms with E-state index in [0.717, 1.165) is 0 Å². The number of hydrogen-bond donors (Lipinski definition) is 2. The first kappa shape index (κ1) is 12.1. The van der Waals surface area contributed by atoms with Gasteiger partial charge in [0.1, 0.15) is 0 Å². The summed E-state index contributed by atoms with van der Waals surface area (Å²) in [6, 6.07) is 5.73. The van der Waals surface area contributed by atoms with Gasteiger partial charge in [0.15, 0.2) is 0 Å². The van der Waals surface area contributed by atoms with Crippen molar-refractivity contribution in [1.29, 1.82) is 0 Å².